The molecular weight excluding hydrogens is 260 g/mol. The van der Waals surface area contributed by atoms with Crippen LogP contribution in [-0.4, -0.2) is 34.4 Å². The van der Waals surface area contributed by atoms with Crippen molar-refractivity contribution < 1.29 is 4.79 Å². The van der Waals surface area contributed by atoms with E-state index in [1.54, 1.807) is 0 Å². The van der Waals surface area contributed by atoms with E-state index in [4.69, 9.17) is 0 Å². The highest BCUT2D eigenvalue weighted by Crippen LogP contribution is 2.36. The lowest BCUT2D eigenvalue weighted by Crippen LogP contribution is -2.36. The molecule has 21 heavy (non-hydrogen) atoms. The van der Waals surface area contributed by atoms with Gasteiger partial charge in [-0.05, 0) is 51.6 Å². The predicted molar refractivity (Wildman–Crippen MR) is 85.8 cm³/mol. The zero-order valence-corrected chi connectivity index (χ0v) is 14.1. The van der Waals surface area contributed by atoms with E-state index in [1.165, 1.54) is 24.2 Å². The van der Waals surface area contributed by atoms with Crippen molar-refractivity contribution in [2.45, 2.75) is 72.0 Å². The molecule has 0 aromatic carbocycles. The standard InChI is InChI=1S/C18H28N2O/c1-12-8-15-16(9-18(3,4)10-17(15)21)20(12)11-13(2)19(5)14-6-7-14/h8,13-14H,6-7,9-11H2,1-5H3. The Labute approximate surface area is 128 Å². The van der Waals surface area contributed by atoms with E-state index in [2.05, 4.69) is 50.3 Å². The molecule has 1 saturated carbocycles. The molecule has 1 fully saturated rings. The van der Waals surface area contributed by atoms with Gasteiger partial charge in [-0.2, -0.15) is 0 Å². The maximum absolute atomic E-state index is 12.4. The van der Waals surface area contributed by atoms with Crippen LogP contribution in [0.25, 0.3) is 0 Å². The van der Waals surface area contributed by atoms with E-state index >= 15 is 0 Å². The van der Waals surface area contributed by atoms with Crippen LogP contribution in [0.3, 0.4) is 0 Å². The minimum Gasteiger partial charge on any atom is -0.347 e. The topological polar surface area (TPSA) is 25.2 Å². The molecule has 1 heterocycles. The summed E-state index contributed by atoms with van der Waals surface area (Å²) in [5.74, 6) is 0.325. The number of carbonyl (C=O) groups excluding carboxylic acids is 1. The second-order valence-electron chi connectivity index (χ2n) is 7.94. The third-order valence-electron chi connectivity index (χ3n) is 5.27. The quantitative estimate of drug-likeness (QED) is 0.848. The molecule has 0 saturated heterocycles. The van der Waals surface area contributed by atoms with E-state index in [-0.39, 0.29) is 5.41 Å². The average molecular weight is 288 g/mol. The van der Waals surface area contributed by atoms with Gasteiger partial charge in [-0.3, -0.25) is 9.69 Å². The Hall–Kier alpha value is -1.09. The fourth-order valence-electron chi connectivity index (χ4n) is 3.70. The number of ketones is 1. The van der Waals surface area contributed by atoms with E-state index in [9.17, 15) is 4.79 Å². The first kappa shape index (κ1) is 14.8. The summed E-state index contributed by atoms with van der Waals surface area (Å²) >= 11 is 0. The zero-order chi connectivity index (χ0) is 15.4. The minimum atomic E-state index is 0.0955. The van der Waals surface area contributed by atoms with Gasteiger partial charge in [0.25, 0.3) is 0 Å². The van der Waals surface area contributed by atoms with Crippen LogP contribution in [-0.2, 0) is 13.0 Å². The summed E-state index contributed by atoms with van der Waals surface area (Å²) in [6.07, 6.45) is 4.38. The second kappa shape index (κ2) is 4.98. The lowest BCUT2D eigenvalue weighted by Gasteiger charge is -2.32. The maximum atomic E-state index is 12.4. The molecule has 3 nitrogen and oxygen atoms in total. The molecule has 1 aromatic rings. The molecule has 0 spiro atoms. The summed E-state index contributed by atoms with van der Waals surface area (Å²) < 4.78 is 2.40. The van der Waals surface area contributed by atoms with Gasteiger partial charge in [-0.15, -0.1) is 0 Å². The van der Waals surface area contributed by atoms with Crippen molar-refractivity contribution in [1.82, 2.24) is 9.47 Å². The Kier molecular flexibility index (Phi) is 3.52. The van der Waals surface area contributed by atoms with E-state index < -0.39 is 0 Å². The molecule has 3 heteroatoms. The molecule has 3 rings (SSSR count). The first-order valence-electron chi connectivity index (χ1n) is 8.22. The van der Waals surface area contributed by atoms with Crippen molar-refractivity contribution in [3.63, 3.8) is 0 Å². The molecular formula is C18H28N2O. The van der Waals surface area contributed by atoms with E-state index in [0.29, 0.717) is 18.2 Å². The Morgan fingerprint density at radius 3 is 2.67 bits per heavy atom. The van der Waals surface area contributed by atoms with Crippen LogP contribution in [0.5, 0.6) is 0 Å². The van der Waals surface area contributed by atoms with Gasteiger partial charge in [-0.25, -0.2) is 0 Å². The van der Waals surface area contributed by atoms with Gasteiger partial charge in [-0.1, -0.05) is 13.8 Å². The summed E-state index contributed by atoms with van der Waals surface area (Å²) in [6, 6.07) is 3.41. The van der Waals surface area contributed by atoms with Gasteiger partial charge in [0, 0.05) is 42.0 Å². The SMILES string of the molecule is Cc1cc2c(n1CC(C)N(C)C1CC1)CC(C)(C)CC2=O. The molecule has 0 aliphatic heterocycles. The highest BCUT2D eigenvalue weighted by Gasteiger charge is 2.35. The third-order valence-corrected chi connectivity index (χ3v) is 5.27. The van der Waals surface area contributed by atoms with Crippen LogP contribution in [0.15, 0.2) is 6.07 Å². The number of hydrogen-bond donors (Lipinski definition) is 0. The Morgan fingerprint density at radius 1 is 1.38 bits per heavy atom. The zero-order valence-electron chi connectivity index (χ0n) is 14.1. The minimum absolute atomic E-state index is 0.0955. The Bertz CT molecular complexity index is 566. The smallest absolute Gasteiger partial charge is 0.165 e. The molecule has 0 bridgehead atoms. The lowest BCUT2D eigenvalue weighted by molar-refractivity contribution is 0.0909. The van der Waals surface area contributed by atoms with Crippen LogP contribution in [0.2, 0.25) is 0 Å². The molecule has 0 amide bonds. The van der Waals surface area contributed by atoms with E-state index in [0.717, 1.165) is 24.6 Å². The van der Waals surface area contributed by atoms with Crippen LogP contribution >= 0.6 is 0 Å². The van der Waals surface area contributed by atoms with Crippen molar-refractivity contribution in [3.05, 3.63) is 23.0 Å². The summed E-state index contributed by atoms with van der Waals surface area (Å²) in [5, 5.41) is 0. The van der Waals surface area contributed by atoms with Crippen molar-refractivity contribution in [2.24, 2.45) is 5.41 Å². The Balaban J connectivity index is 1.87. The van der Waals surface area contributed by atoms with Crippen molar-refractivity contribution in [1.29, 1.82) is 0 Å². The number of fused-ring (bicyclic) bond motifs is 1. The molecule has 2 aliphatic rings. The first-order chi connectivity index (χ1) is 9.78. The van der Waals surface area contributed by atoms with Crippen molar-refractivity contribution >= 4 is 5.78 Å². The summed E-state index contributed by atoms with van der Waals surface area (Å²) in [6.45, 7) is 9.86. The summed E-state index contributed by atoms with van der Waals surface area (Å²) in [7, 11) is 2.24. The highest BCUT2D eigenvalue weighted by atomic mass is 16.1. The number of carbonyl (C=O) groups is 1. The molecule has 1 unspecified atom stereocenters. The molecule has 1 atom stereocenters. The number of nitrogens with zero attached hydrogens (tertiary/aromatic N) is 2. The van der Waals surface area contributed by atoms with Gasteiger partial charge in [0.2, 0.25) is 0 Å². The number of likely N-dealkylation sites (N-methyl/N-ethyl adjacent to an activating group) is 1. The van der Waals surface area contributed by atoms with Crippen LogP contribution in [0.4, 0.5) is 0 Å². The first-order valence-corrected chi connectivity index (χ1v) is 8.22. The van der Waals surface area contributed by atoms with Gasteiger partial charge >= 0.3 is 0 Å². The molecule has 0 radical (unpaired) electrons. The fraction of sp³-hybridized carbons (Fsp3) is 0.722. The number of Topliss-reactive ketones (excluding diaryl/α,β-unsaturated/α-hetero) is 1. The van der Waals surface area contributed by atoms with E-state index in [1.807, 2.05) is 0 Å². The van der Waals surface area contributed by atoms with Gasteiger partial charge in [0.05, 0.1) is 0 Å². The summed E-state index contributed by atoms with van der Waals surface area (Å²) in [5.41, 5.74) is 3.58. The van der Waals surface area contributed by atoms with Gasteiger partial charge < -0.3 is 4.57 Å². The number of rotatable bonds is 4. The second-order valence-corrected chi connectivity index (χ2v) is 7.94. The molecule has 116 valence electrons. The fourth-order valence-corrected chi connectivity index (χ4v) is 3.70. The maximum Gasteiger partial charge on any atom is 0.165 e. The van der Waals surface area contributed by atoms with Gasteiger partial charge in [0.1, 0.15) is 0 Å². The predicted octanol–water partition coefficient (Wildman–Crippen LogP) is 3.43. The molecule has 1 aromatic heterocycles. The average Bonchev–Trinajstić information content (AvgIpc) is 3.17. The number of hydrogen-bond acceptors (Lipinski definition) is 2. The Morgan fingerprint density at radius 2 is 2.05 bits per heavy atom. The van der Waals surface area contributed by atoms with Crippen molar-refractivity contribution in [2.75, 3.05) is 7.05 Å². The van der Waals surface area contributed by atoms with Gasteiger partial charge in [0.15, 0.2) is 5.78 Å². The largest absolute Gasteiger partial charge is 0.347 e. The van der Waals surface area contributed by atoms with Crippen LogP contribution in [0.1, 0.15) is 61.8 Å². The highest BCUT2D eigenvalue weighted by molar-refractivity contribution is 5.99. The number of aromatic nitrogens is 1. The molecule has 2 aliphatic carbocycles. The summed E-state index contributed by atoms with van der Waals surface area (Å²) in [4.78, 5) is 14.9. The lowest BCUT2D eigenvalue weighted by atomic mass is 9.76. The van der Waals surface area contributed by atoms with Crippen LogP contribution in [0, 0.1) is 12.3 Å². The molecule has 0 N–H and O–H groups in total. The van der Waals surface area contributed by atoms with Crippen LogP contribution < -0.4 is 0 Å². The normalized spacial score (nSPS) is 22.5. The number of aryl methyl sites for hydroxylation is 1. The van der Waals surface area contributed by atoms with Crippen molar-refractivity contribution in [3.8, 4) is 0 Å². The monoisotopic (exact) mass is 288 g/mol. The third kappa shape index (κ3) is 2.80.